The minimum atomic E-state index is -0.979. The van der Waals surface area contributed by atoms with E-state index in [2.05, 4.69) is 44.7 Å². The zero-order valence-corrected chi connectivity index (χ0v) is 38.6. The summed E-state index contributed by atoms with van der Waals surface area (Å²) in [5, 5.41) is 15.3. The van der Waals surface area contributed by atoms with Crippen LogP contribution < -0.4 is 10.6 Å². The summed E-state index contributed by atoms with van der Waals surface area (Å²) in [6, 6.07) is 16.2. The van der Waals surface area contributed by atoms with Crippen molar-refractivity contribution in [3.8, 4) is 0 Å². The molecule has 3 N–H and O–H groups in total. The van der Waals surface area contributed by atoms with E-state index in [9.17, 15) is 23.5 Å². The Morgan fingerprint density at radius 3 is 1.57 bits per heavy atom. The number of pyridine rings is 2. The van der Waals surface area contributed by atoms with Crippen LogP contribution in [0.1, 0.15) is 98.1 Å². The fraction of sp³-hybridized carbons (Fsp3) is 0.510. The van der Waals surface area contributed by atoms with Crippen molar-refractivity contribution in [1.29, 1.82) is 0 Å². The van der Waals surface area contributed by atoms with Crippen molar-refractivity contribution in [2.45, 2.75) is 115 Å². The summed E-state index contributed by atoms with van der Waals surface area (Å²) < 4.78 is 32.2. The number of hydrogen-bond donors (Lipinski definition) is 3. The highest BCUT2D eigenvalue weighted by molar-refractivity contribution is 6.33. The van der Waals surface area contributed by atoms with Crippen LogP contribution in [0.3, 0.4) is 0 Å². The van der Waals surface area contributed by atoms with Crippen LogP contribution in [0.4, 0.5) is 20.2 Å². The number of aryl methyl sites for hydroxylation is 6. The van der Waals surface area contributed by atoms with Gasteiger partial charge >= 0.3 is 11.9 Å². The fourth-order valence-corrected chi connectivity index (χ4v) is 8.45. The van der Waals surface area contributed by atoms with Crippen LogP contribution in [0, 0.1) is 11.6 Å². The Labute approximate surface area is 382 Å². The van der Waals surface area contributed by atoms with Crippen molar-refractivity contribution in [2.75, 3.05) is 58.0 Å². The Kier molecular flexibility index (Phi) is 20.3. The molecule has 0 amide bonds. The molecule has 2 aromatic heterocycles. The molecule has 0 unspecified atom stereocenters. The maximum absolute atomic E-state index is 13.7. The lowest BCUT2D eigenvalue weighted by Gasteiger charge is -2.22. The second-order valence-corrected chi connectivity index (χ2v) is 17.5. The molecule has 2 atom stereocenters. The molecule has 6 rings (SSSR count). The lowest BCUT2D eigenvalue weighted by Crippen LogP contribution is -2.35. The fourth-order valence-electron chi connectivity index (χ4n) is 8.09. The van der Waals surface area contributed by atoms with Crippen molar-refractivity contribution in [3.05, 3.63) is 116 Å². The van der Waals surface area contributed by atoms with Crippen LogP contribution in [0.2, 0.25) is 10.0 Å². The largest absolute Gasteiger partial charge is 0.480 e. The van der Waals surface area contributed by atoms with Gasteiger partial charge < -0.3 is 30.3 Å². The Bertz CT molecular complexity index is 2090. The molecule has 14 heteroatoms. The third-order valence-electron chi connectivity index (χ3n) is 11.9. The van der Waals surface area contributed by atoms with Gasteiger partial charge in [-0.3, -0.25) is 9.97 Å². The summed E-state index contributed by atoms with van der Waals surface area (Å²) in [4.78, 5) is 37.8. The van der Waals surface area contributed by atoms with Crippen molar-refractivity contribution < 1.29 is 28.2 Å². The van der Waals surface area contributed by atoms with Crippen LogP contribution in [0.15, 0.2) is 60.7 Å². The first-order valence-corrected chi connectivity index (χ1v) is 23.2. The van der Waals surface area contributed by atoms with Gasteiger partial charge in [-0.15, -0.1) is 0 Å². The average molecular weight is 910 g/mol. The van der Waals surface area contributed by atoms with E-state index < -0.39 is 35.7 Å². The molecule has 0 saturated carbocycles. The second-order valence-electron chi connectivity index (χ2n) is 16.8. The van der Waals surface area contributed by atoms with E-state index in [-0.39, 0.29) is 10.0 Å². The number of fused-ring (bicyclic) bond motifs is 2. The molecule has 2 aliphatic rings. The Balaban J connectivity index is 0.000000238. The standard InChI is InChI=1S/C25H33ClFN3O2.C24H31ClFN3O2/c1-30(16-6-5-9-19-14-13-18-8-3-4-11-21(18)28-19)17-15-23(25(31)32-2)29-22-12-7-10-20(27)24(22)26;1-29(15-5-4-8-18-13-12-17-7-2-3-10-20(17)27-18)16-14-22(24(30)31)28-21-11-6-9-19(26)23(21)25/h7,10,12-14,23,29H,3-6,8-9,11,15-17H2,1-2H3;6,9,11-13,22,28H,2-5,7-8,10,14-16H2,1H3,(H,30,31)/t23-;22-/m00/s1. The number of benzene rings is 2. The molecule has 10 nitrogen and oxygen atoms in total. The molecule has 4 aromatic rings. The van der Waals surface area contributed by atoms with Crippen molar-refractivity contribution in [3.63, 3.8) is 0 Å². The number of anilines is 2. The van der Waals surface area contributed by atoms with E-state index >= 15 is 0 Å². The van der Waals surface area contributed by atoms with E-state index in [1.54, 1.807) is 18.2 Å². The SMILES string of the molecule is CN(CCCCc1ccc2c(n1)CCCC2)CC[C@H](Nc1cccc(F)c1Cl)C(=O)O.COC(=O)[C@H](CCN(C)CCCCc1ccc2c(n1)CCCC2)Nc1cccc(F)c1Cl. The number of carboxylic acid groups (broad SMARTS) is 1. The van der Waals surface area contributed by atoms with E-state index in [0.717, 1.165) is 70.9 Å². The number of carboxylic acids is 1. The number of esters is 1. The molecular formula is C49H64Cl2F2N6O4. The maximum atomic E-state index is 13.7. The third kappa shape index (κ3) is 16.0. The molecule has 0 saturated heterocycles. The van der Waals surface area contributed by atoms with Crippen LogP contribution in [0.25, 0.3) is 0 Å². The lowest BCUT2D eigenvalue weighted by atomic mass is 9.95. The maximum Gasteiger partial charge on any atom is 0.328 e. The highest BCUT2D eigenvalue weighted by Crippen LogP contribution is 2.27. The van der Waals surface area contributed by atoms with Crippen LogP contribution in [-0.2, 0) is 52.9 Å². The number of nitrogens with one attached hydrogen (secondary N) is 2. The van der Waals surface area contributed by atoms with E-state index in [0.29, 0.717) is 37.3 Å². The topological polar surface area (TPSA) is 120 Å². The molecule has 63 heavy (non-hydrogen) atoms. The first-order chi connectivity index (χ1) is 30.4. The summed E-state index contributed by atoms with van der Waals surface area (Å²) >= 11 is 11.9. The molecule has 2 aromatic carbocycles. The minimum Gasteiger partial charge on any atom is -0.480 e. The number of rotatable bonds is 22. The zero-order valence-electron chi connectivity index (χ0n) is 37.0. The first kappa shape index (κ1) is 49.7. The van der Waals surface area contributed by atoms with Crippen LogP contribution in [-0.4, -0.2) is 96.3 Å². The minimum absolute atomic E-state index is 0.0226. The molecule has 0 spiro atoms. The van der Waals surface area contributed by atoms with E-state index in [1.807, 2.05) is 14.1 Å². The first-order valence-electron chi connectivity index (χ1n) is 22.5. The lowest BCUT2D eigenvalue weighted by molar-refractivity contribution is -0.142. The van der Waals surface area contributed by atoms with E-state index in [4.69, 9.17) is 37.9 Å². The Morgan fingerprint density at radius 1 is 0.667 bits per heavy atom. The predicted molar refractivity (Wildman–Crippen MR) is 249 cm³/mol. The Morgan fingerprint density at radius 2 is 1.11 bits per heavy atom. The molecular weight excluding hydrogens is 845 g/mol. The average Bonchev–Trinajstić information content (AvgIpc) is 3.29. The smallest absolute Gasteiger partial charge is 0.328 e. The summed E-state index contributed by atoms with van der Waals surface area (Å²) in [6.45, 7) is 3.14. The molecule has 0 aliphatic heterocycles. The van der Waals surface area contributed by atoms with Gasteiger partial charge in [0.25, 0.3) is 0 Å². The van der Waals surface area contributed by atoms with Gasteiger partial charge in [0.05, 0.1) is 28.5 Å². The normalized spacial score (nSPS) is 14.2. The highest BCUT2D eigenvalue weighted by Gasteiger charge is 2.22. The number of methoxy groups -OCH3 is 1. The summed E-state index contributed by atoms with van der Waals surface area (Å²) in [5.41, 5.74) is 8.47. The highest BCUT2D eigenvalue weighted by atomic mass is 35.5. The van der Waals surface area contributed by atoms with Crippen molar-refractivity contribution >= 4 is 46.5 Å². The van der Waals surface area contributed by atoms with Crippen LogP contribution >= 0.6 is 23.2 Å². The number of nitrogens with zero attached hydrogens (tertiary/aromatic N) is 4. The number of ether oxygens (including phenoxy) is 1. The summed E-state index contributed by atoms with van der Waals surface area (Å²) in [5.74, 6) is -2.46. The van der Waals surface area contributed by atoms with E-state index in [1.165, 1.54) is 91.3 Å². The van der Waals surface area contributed by atoms with Gasteiger partial charge in [0, 0.05) is 35.9 Å². The van der Waals surface area contributed by atoms with Crippen molar-refractivity contribution in [2.24, 2.45) is 0 Å². The van der Waals surface area contributed by atoms with Gasteiger partial charge in [0.1, 0.15) is 23.7 Å². The number of unbranched alkanes of at least 4 members (excludes halogenated alkanes) is 2. The van der Waals surface area contributed by atoms with Gasteiger partial charge in [-0.05, 0) is 177 Å². The number of carbonyl (C=O) groups is 2. The zero-order chi connectivity index (χ0) is 45.1. The monoisotopic (exact) mass is 908 g/mol. The summed E-state index contributed by atoms with van der Waals surface area (Å²) in [7, 11) is 5.38. The molecule has 342 valence electrons. The number of aromatic nitrogens is 2. The van der Waals surface area contributed by atoms with Gasteiger partial charge in [0.2, 0.25) is 0 Å². The van der Waals surface area contributed by atoms with Gasteiger partial charge in [-0.2, -0.15) is 0 Å². The van der Waals surface area contributed by atoms with Crippen molar-refractivity contribution in [1.82, 2.24) is 19.8 Å². The number of hydrogen-bond acceptors (Lipinski definition) is 9. The number of carbonyl (C=O) groups excluding carboxylic acids is 1. The third-order valence-corrected chi connectivity index (χ3v) is 12.6. The summed E-state index contributed by atoms with van der Waals surface area (Å²) in [6.07, 6.45) is 16.7. The van der Waals surface area contributed by atoms with Gasteiger partial charge in [-0.25, -0.2) is 18.4 Å². The predicted octanol–water partition coefficient (Wildman–Crippen LogP) is 10.0. The molecule has 2 aliphatic carbocycles. The quantitative estimate of drug-likeness (QED) is 0.0520. The molecule has 0 fully saturated rings. The number of aliphatic carboxylic acids is 1. The molecule has 2 heterocycles. The van der Waals surface area contributed by atoms with Gasteiger partial charge in [0.15, 0.2) is 0 Å². The Hall–Kier alpha value is -4.36. The van der Waals surface area contributed by atoms with Gasteiger partial charge in [-0.1, -0.05) is 47.5 Å². The second kappa shape index (κ2) is 25.8. The molecule has 0 radical (unpaired) electrons. The molecule has 0 bridgehead atoms. The number of halogens is 4. The van der Waals surface area contributed by atoms with Crippen LogP contribution in [0.5, 0.6) is 0 Å².